The Labute approximate surface area is 127 Å². The van der Waals surface area contributed by atoms with Crippen molar-refractivity contribution in [3.05, 3.63) is 24.3 Å². The van der Waals surface area contributed by atoms with Gasteiger partial charge >= 0.3 is 5.97 Å². The van der Waals surface area contributed by atoms with Gasteiger partial charge in [0.2, 0.25) is 0 Å². The van der Waals surface area contributed by atoms with E-state index in [0.29, 0.717) is 18.1 Å². The van der Waals surface area contributed by atoms with Gasteiger partial charge in [-0.25, -0.2) is 4.98 Å². The minimum atomic E-state index is -0.818. The number of carboxylic acids is 1. The highest BCUT2D eigenvalue weighted by Gasteiger charge is 2.42. The van der Waals surface area contributed by atoms with Gasteiger partial charge in [-0.1, -0.05) is 23.9 Å². The highest BCUT2D eigenvalue weighted by Crippen LogP contribution is 2.38. The van der Waals surface area contributed by atoms with E-state index in [1.165, 1.54) is 0 Å². The lowest BCUT2D eigenvalue weighted by molar-refractivity contribution is -0.146. The van der Waals surface area contributed by atoms with E-state index in [-0.39, 0.29) is 5.25 Å². The highest BCUT2D eigenvalue weighted by molar-refractivity contribution is 7.99. The molecule has 0 aliphatic heterocycles. The largest absolute Gasteiger partial charge is 0.480 e. The van der Waals surface area contributed by atoms with Crippen LogP contribution in [0.1, 0.15) is 25.7 Å². The third-order valence-corrected chi connectivity index (χ3v) is 5.25. The molecule has 2 atom stereocenters. The SMILES string of the molecule is CNC1(C(=O)O)CCCC(Sc2nc3ccccc3o2)C1. The second-order valence-electron chi connectivity index (χ2n) is 5.42. The van der Waals surface area contributed by atoms with Gasteiger partial charge in [-0.05, 0) is 44.9 Å². The second kappa shape index (κ2) is 5.69. The van der Waals surface area contributed by atoms with Gasteiger partial charge in [0.15, 0.2) is 5.58 Å². The number of para-hydroxylation sites is 2. The molecule has 112 valence electrons. The minimum Gasteiger partial charge on any atom is -0.480 e. The van der Waals surface area contributed by atoms with Crippen molar-refractivity contribution in [3.63, 3.8) is 0 Å². The van der Waals surface area contributed by atoms with Crippen LogP contribution in [0.4, 0.5) is 0 Å². The maximum absolute atomic E-state index is 11.5. The summed E-state index contributed by atoms with van der Waals surface area (Å²) in [6.07, 6.45) is 3.14. The van der Waals surface area contributed by atoms with Crippen LogP contribution in [0, 0.1) is 0 Å². The molecule has 5 nitrogen and oxygen atoms in total. The number of aliphatic carboxylic acids is 1. The lowest BCUT2D eigenvalue weighted by Crippen LogP contribution is -2.53. The Balaban J connectivity index is 1.76. The van der Waals surface area contributed by atoms with Crippen LogP contribution < -0.4 is 5.32 Å². The third kappa shape index (κ3) is 2.78. The van der Waals surface area contributed by atoms with Crippen LogP contribution in [-0.4, -0.2) is 33.9 Å². The number of nitrogens with zero attached hydrogens (tertiary/aromatic N) is 1. The summed E-state index contributed by atoms with van der Waals surface area (Å²) in [5, 5.41) is 13.3. The van der Waals surface area contributed by atoms with Crippen LogP contribution in [0.2, 0.25) is 0 Å². The van der Waals surface area contributed by atoms with Crippen LogP contribution >= 0.6 is 11.8 Å². The molecule has 1 aliphatic rings. The van der Waals surface area contributed by atoms with Gasteiger partial charge in [-0.2, -0.15) is 0 Å². The molecule has 2 aromatic rings. The van der Waals surface area contributed by atoms with Crippen molar-refractivity contribution in [2.24, 2.45) is 0 Å². The van der Waals surface area contributed by atoms with Crippen molar-refractivity contribution < 1.29 is 14.3 Å². The topological polar surface area (TPSA) is 75.4 Å². The first-order chi connectivity index (χ1) is 10.1. The molecular formula is C15H18N2O3S. The van der Waals surface area contributed by atoms with Crippen molar-refractivity contribution in [2.75, 3.05) is 7.05 Å². The van der Waals surface area contributed by atoms with Crippen LogP contribution in [0.5, 0.6) is 0 Å². The van der Waals surface area contributed by atoms with Gasteiger partial charge in [0.25, 0.3) is 5.22 Å². The fourth-order valence-corrected chi connectivity index (χ4v) is 4.12. The number of thioether (sulfide) groups is 1. The van der Waals surface area contributed by atoms with Gasteiger partial charge in [-0.15, -0.1) is 0 Å². The molecule has 1 heterocycles. The number of carboxylic acid groups (broad SMARTS) is 1. The van der Waals surface area contributed by atoms with E-state index in [2.05, 4.69) is 10.3 Å². The molecule has 2 unspecified atom stereocenters. The lowest BCUT2D eigenvalue weighted by Gasteiger charge is -2.36. The number of benzene rings is 1. The second-order valence-corrected chi connectivity index (χ2v) is 6.67. The molecule has 1 aromatic heterocycles. The average molecular weight is 306 g/mol. The standard InChI is InChI=1S/C15H18N2O3S/c1-16-15(13(18)19)8-4-5-10(9-15)21-14-17-11-6-2-3-7-12(11)20-14/h2-3,6-7,10,16H,4-5,8-9H2,1H3,(H,18,19). The van der Waals surface area contributed by atoms with Crippen molar-refractivity contribution in [1.82, 2.24) is 10.3 Å². The van der Waals surface area contributed by atoms with Gasteiger partial charge in [0.1, 0.15) is 11.1 Å². The Bertz CT molecular complexity index is 624. The van der Waals surface area contributed by atoms with Crippen molar-refractivity contribution >= 4 is 28.8 Å². The smallest absolute Gasteiger partial charge is 0.323 e. The number of oxazole rings is 1. The molecule has 0 bridgehead atoms. The number of fused-ring (bicyclic) bond motifs is 1. The lowest BCUT2D eigenvalue weighted by atomic mass is 9.81. The summed E-state index contributed by atoms with van der Waals surface area (Å²) >= 11 is 1.54. The quantitative estimate of drug-likeness (QED) is 0.904. The van der Waals surface area contributed by atoms with Crippen LogP contribution in [0.3, 0.4) is 0 Å². The number of hydrogen-bond acceptors (Lipinski definition) is 5. The first-order valence-electron chi connectivity index (χ1n) is 7.07. The maximum atomic E-state index is 11.5. The summed E-state index contributed by atoms with van der Waals surface area (Å²) in [5.41, 5.74) is 0.796. The number of nitrogens with one attached hydrogen (secondary N) is 1. The molecule has 0 saturated heterocycles. The normalized spacial score (nSPS) is 26.0. The molecule has 3 rings (SSSR count). The molecule has 0 radical (unpaired) electrons. The van der Waals surface area contributed by atoms with Crippen LogP contribution in [-0.2, 0) is 4.79 Å². The number of aromatic nitrogens is 1. The van der Waals surface area contributed by atoms with E-state index in [9.17, 15) is 9.90 Å². The zero-order chi connectivity index (χ0) is 14.9. The molecule has 6 heteroatoms. The van der Waals surface area contributed by atoms with E-state index >= 15 is 0 Å². The molecule has 0 amide bonds. The Kier molecular flexibility index (Phi) is 3.91. The van der Waals surface area contributed by atoms with E-state index in [0.717, 1.165) is 23.9 Å². The fraction of sp³-hybridized carbons (Fsp3) is 0.467. The number of hydrogen-bond donors (Lipinski definition) is 2. The summed E-state index contributed by atoms with van der Waals surface area (Å²) in [7, 11) is 1.72. The van der Waals surface area contributed by atoms with Crippen molar-refractivity contribution in [1.29, 1.82) is 0 Å². The summed E-state index contributed by atoms with van der Waals surface area (Å²) in [5.74, 6) is -0.770. The monoisotopic (exact) mass is 306 g/mol. The Morgan fingerprint density at radius 3 is 3.05 bits per heavy atom. The first-order valence-corrected chi connectivity index (χ1v) is 7.95. The van der Waals surface area contributed by atoms with Crippen molar-refractivity contribution in [3.8, 4) is 0 Å². The molecule has 1 aliphatic carbocycles. The molecule has 1 saturated carbocycles. The van der Waals surface area contributed by atoms with E-state index in [1.807, 2.05) is 24.3 Å². The van der Waals surface area contributed by atoms with E-state index in [4.69, 9.17) is 4.42 Å². The van der Waals surface area contributed by atoms with Gasteiger partial charge in [0.05, 0.1) is 0 Å². The zero-order valence-corrected chi connectivity index (χ0v) is 12.7. The van der Waals surface area contributed by atoms with Crippen LogP contribution in [0.25, 0.3) is 11.1 Å². The number of likely N-dealkylation sites (N-methyl/N-ethyl adjacent to an activating group) is 1. The third-order valence-electron chi connectivity index (χ3n) is 4.14. The van der Waals surface area contributed by atoms with E-state index in [1.54, 1.807) is 18.8 Å². The Hall–Kier alpha value is -1.53. The molecule has 0 spiro atoms. The fourth-order valence-electron chi connectivity index (χ4n) is 2.90. The number of carbonyl (C=O) groups is 1. The zero-order valence-electron chi connectivity index (χ0n) is 11.8. The highest BCUT2D eigenvalue weighted by atomic mass is 32.2. The van der Waals surface area contributed by atoms with Crippen molar-refractivity contribution in [2.45, 2.75) is 41.7 Å². The predicted octanol–water partition coefficient (Wildman–Crippen LogP) is 2.91. The molecule has 1 aromatic carbocycles. The Morgan fingerprint density at radius 2 is 2.33 bits per heavy atom. The van der Waals surface area contributed by atoms with Gasteiger partial charge < -0.3 is 14.8 Å². The average Bonchev–Trinajstić information content (AvgIpc) is 2.89. The summed E-state index contributed by atoms with van der Waals surface area (Å²) in [4.78, 5) is 16.0. The van der Waals surface area contributed by atoms with Gasteiger partial charge in [-0.3, -0.25) is 4.79 Å². The summed E-state index contributed by atoms with van der Waals surface area (Å²) in [6.45, 7) is 0. The van der Waals surface area contributed by atoms with Gasteiger partial charge in [0, 0.05) is 5.25 Å². The molecule has 1 fully saturated rings. The maximum Gasteiger partial charge on any atom is 0.323 e. The molecule has 21 heavy (non-hydrogen) atoms. The molecular weight excluding hydrogens is 288 g/mol. The van der Waals surface area contributed by atoms with E-state index < -0.39 is 11.5 Å². The Morgan fingerprint density at radius 1 is 1.52 bits per heavy atom. The predicted molar refractivity (Wildman–Crippen MR) is 81.5 cm³/mol. The molecule has 2 N–H and O–H groups in total. The minimum absolute atomic E-state index is 0.204. The first kappa shape index (κ1) is 14.4. The summed E-state index contributed by atoms with van der Waals surface area (Å²) < 4.78 is 5.72. The number of rotatable bonds is 4. The summed E-state index contributed by atoms with van der Waals surface area (Å²) in [6, 6.07) is 7.65. The van der Waals surface area contributed by atoms with Crippen LogP contribution in [0.15, 0.2) is 33.9 Å².